The molecule has 0 saturated carbocycles. The summed E-state index contributed by atoms with van der Waals surface area (Å²) in [5.74, 6) is -2.39. The van der Waals surface area contributed by atoms with Gasteiger partial charge in [-0.3, -0.25) is 9.59 Å². The van der Waals surface area contributed by atoms with Gasteiger partial charge in [0.25, 0.3) is 5.91 Å². The molecule has 1 aliphatic heterocycles. The van der Waals surface area contributed by atoms with E-state index in [2.05, 4.69) is 0 Å². The second kappa shape index (κ2) is 7.86. The summed E-state index contributed by atoms with van der Waals surface area (Å²) >= 11 is 0. The highest BCUT2D eigenvalue weighted by atomic mass is 16.6. The Kier molecular flexibility index (Phi) is 6.02. The smallest absolute Gasteiger partial charge is 0.329 e. The van der Waals surface area contributed by atoms with Crippen LogP contribution in [0.1, 0.15) is 37.6 Å². The molecule has 1 aromatic carbocycles. The SMILES string of the molecule is COC(=O)[C@@H]1[C@@H](CC(=O)OC(C)(C)C)[C@@H](O)CN1C(=O)c1ccccc1. The minimum Gasteiger partial charge on any atom is -0.467 e. The first-order valence-electron chi connectivity index (χ1n) is 8.48. The van der Waals surface area contributed by atoms with E-state index in [1.54, 1.807) is 51.1 Å². The van der Waals surface area contributed by atoms with Gasteiger partial charge in [-0.15, -0.1) is 0 Å². The van der Waals surface area contributed by atoms with Crippen LogP contribution in [-0.2, 0) is 19.1 Å². The van der Waals surface area contributed by atoms with Crippen LogP contribution in [-0.4, -0.2) is 59.3 Å². The number of β-amino-alcohol motifs (C(OH)–C–C–N with tert-alkyl or cyclic N) is 1. The van der Waals surface area contributed by atoms with Gasteiger partial charge in [0.2, 0.25) is 0 Å². The molecular formula is C19H25NO6. The molecule has 7 heteroatoms. The molecule has 1 heterocycles. The zero-order valence-corrected chi connectivity index (χ0v) is 15.5. The maximum absolute atomic E-state index is 12.8. The maximum atomic E-state index is 12.8. The molecule has 0 spiro atoms. The molecule has 1 aliphatic rings. The van der Waals surface area contributed by atoms with Crippen molar-refractivity contribution < 1.29 is 29.0 Å². The summed E-state index contributed by atoms with van der Waals surface area (Å²) in [5, 5.41) is 10.4. The van der Waals surface area contributed by atoms with E-state index in [1.165, 1.54) is 12.0 Å². The van der Waals surface area contributed by atoms with Crippen molar-refractivity contribution in [3.05, 3.63) is 35.9 Å². The van der Waals surface area contributed by atoms with Crippen LogP contribution < -0.4 is 0 Å². The summed E-state index contributed by atoms with van der Waals surface area (Å²) in [6, 6.07) is 7.42. The highest BCUT2D eigenvalue weighted by molar-refractivity contribution is 5.97. The van der Waals surface area contributed by atoms with Crippen molar-refractivity contribution in [3.63, 3.8) is 0 Å². The van der Waals surface area contributed by atoms with E-state index in [1.807, 2.05) is 0 Å². The number of ether oxygens (including phenoxy) is 2. The van der Waals surface area contributed by atoms with Crippen LogP contribution in [0.25, 0.3) is 0 Å². The monoisotopic (exact) mass is 363 g/mol. The average molecular weight is 363 g/mol. The fourth-order valence-electron chi connectivity index (χ4n) is 3.09. The first-order chi connectivity index (χ1) is 12.1. The summed E-state index contributed by atoms with van der Waals surface area (Å²) in [6.45, 7) is 5.15. The molecule has 1 aromatic rings. The second-order valence-electron chi connectivity index (χ2n) is 7.31. The summed E-state index contributed by atoms with van der Waals surface area (Å²) in [5.41, 5.74) is -0.285. The Labute approximate surface area is 152 Å². The third-order valence-corrected chi connectivity index (χ3v) is 4.17. The lowest BCUT2D eigenvalue weighted by Crippen LogP contribution is -2.44. The summed E-state index contributed by atoms with van der Waals surface area (Å²) in [4.78, 5) is 38.5. The first kappa shape index (κ1) is 19.9. The Morgan fingerprint density at radius 1 is 1.19 bits per heavy atom. The van der Waals surface area contributed by atoms with Gasteiger partial charge in [0.05, 0.1) is 19.6 Å². The number of methoxy groups -OCH3 is 1. The normalized spacial score (nSPS) is 22.8. The maximum Gasteiger partial charge on any atom is 0.329 e. The van der Waals surface area contributed by atoms with Crippen LogP contribution >= 0.6 is 0 Å². The predicted molar refractivity (Wildman–Crippen MR) is 93.2 cm³/mol. The van der Waals surface area contributed by atoms with E-state index >= 15 is 0 Å². The van der Waals surface area contributed by atoms with Crippen molar-refractivity contribution in [1.82, 2.24) is 4.90 Å². The van der Waals surface area contributed by atoms with Crippen molar-refractivity contribution in [2.24, 2.45) is 5.92 Å². The van der Waals surface area contributed by atoms with E-state index in [0.29, 0.717) is 5.56 Å². The molecule has 1 amide bonds. The van der Waals surface area contributed by atoms with E-state index in [-0.39, 0.29) is 13.0 Å². The van der Waals surface area contributed by atoms with Gasteiger partial charge in [-0.1, -0.05) is 18.2 Å². The highest BCUT2D eigenvalue weighted by Gasteiger charge is 2.49. The molecule has 0 aromatic heterocycles. The van der Waals surface area contributed by atoms with Gasteiger partial charge >= 0.3 is 11.9 Å². The van der Waals surface area contributed by atoms with Crippen LogP contribution in [0.2, 0.25) is 0 Å². The fourth-order valence-corrected chi connectivity index (χ4v) is 3.09. The molecule has 0 radical (unpaired) electrons. The molecule has 26 heavy (non-hydrogen) atoms. The number of aliphatic hydroxyl groups excluding tert-OH is 1. The van der Waals surface area contributed by atoms with E-state index in [4.69, 9.17) is 9.47 Å². The Morgan fingerprint density at radius 3 is 2.35 bits per heavy atom. The van der Waals surface area contributed by atoms with E-state index in [0.717, 1.165) is 0 Å². The van der Waals surface area contributed by atoms with Gasteiger partial charge in [-0.05, 0) is 32.9 Å². The van der Waals surface area contributed by atoms with Gasteiger partial charge in [-0.2, -0.15) is 0 Å². The number of aliphatic hydroxyl groups is 1. The molecule has 0 bridgehead atoms. The molecule has 142 valence electrons. The number of amides is 1. The van der Waals surface area contributed by atoms with E-state index in [9.17, 15) is 19.5 Å². The van der Waals surface area contributed by atoms with Gasteiger partial charge in [0.15, 0.2) is 0 Å². The molecule has 1 saturated heterocycles. The number of esters is 2. The van der Waals surface area contributed by atoms with Crippen LogP contribution in [0.5, 0.6) is 0 Å². The van der Waals surface area contributed by atoms with Crippen LogP contribution in [0.4, 0.5) is 0 Å². The standard InChI is InChI=1S/C19H25NO6/c1-19(2,3)26-15(22)10-13-14(21)11-20(16(13)18(24)25-4)17(23)12-8-6-5-7-9-12/h5-9,13-14,16,21H,10-11H2,1-4H3/t13-,14-,16-/m0/s1. The molecule has 1 N–H and O–H groups in total. The largest absolute Gasteiger partial charge is 0.467 e. The molecule has 7 nitrogen and oxygen atoms in total. The van der Waals surface area contributed by atoms with Crippen molar-refractivity contribution >= 4 is 17.8 Å². The lowest BCUT2D eigenvalue weighted by molar-refractivity contribution is -0.158. The number of likely N-dealkylation sites (tertiary alicyclic amines) is 1. The number of carbonyl (C=O) groups is 3. The van der Waals surface area contributed by atoms with Crippen LogP contribution in [0.3, 0.4) is 0 Å². The lowest BCUT2D eigenvalue weighted by atomic mass is 9.94. The summed E-state index contributed by atoms with van der Waals surface area (Å²) < 4.78 is 10.1. The fraction of sp³-hybridized carbons (Fsp3) is 0.526. The van der Waals surface area contributed by atoms with E-state index < -0.39 is 41.5 Å². The topological polar surface area (TPSA) is 93.1 Å². The van der Waals surface area contributed by atoms with Crippen molar-refractivity contribution in [2.75, 3.05) is 13.7 Å². The minimum atomic E-state index is -1.05. The molecule has 2 rings (SSSR count). The predicted octanol–water partition coefficient (Wildman–Crippen LogP) is 1.39. The minimum absolute atomic E-state index is 0.0546. The van der Waals surface area contributed by atoms with Gasteiger partial charge in [0, 0.05) is 18.0 Å². The Bertz CT molecular complexity index is 666. The Hall–Kier alpha value is -2.41. The zero-order valence-electron chi connectivity index (χ0n) is 15.5. The van der Waals surface area contributed by atoms with Gasteiger partial charge < -0.3 is 19.5 Å². The third-order valence-electron chi connectivity index (χ3n) is 4.17. The highest BCUT2D eigenvalue weighted by Crippen LogP contribution is 2.31. The number of nitrogens with zero attached hydrogens (tertiary/aromatic N) is 1. The molecule has 1 fully saturated rings. The average Bonchev–Trinajstić information content (AvgIpc) is 2.89. The Morgan fingerprint density at radius 2 is 1.81 bits per heavy atom. The number of hydrogen-bond acceptors (Lipinski definition) is 6. The van der Waals surface area contributed by atoms with Crippen molar-refractivity contribution in [2.45, 2.75) is 44.9 Å². The quantitative estimate of drug-likeness (QED) is 0.813. The van der Waals surface area contributed by atoms with Crippen molar-refractivity contribution in [1.29, 1.82) is 0 Å². The number of benzene rings is 1. The molecular weight excluding hydrogens is 338 g/mol. The Balaban J connectivity index is 2.24. The summed E-state index contributed by atoms with van der Waals surface area (Å²) in [7, 11) is 1.21. The van der Waals surface area contributed by atoms with Gasteiger partial charge in [-0.25, -0.2) is 4.79 Å². The number of rotatable bonds is 4. The molecule has 0 aliphatic carbocycles. The second-order valence-corrected chi connectivity index (χ2v) is 7.31. The lowest BCUT2D eigenvalue weighted by Gasteiger charge is -2.26. The van der Waals surface area contributed by atoms with Crippen LogP contribution in [0.15, 0.2) is 30.3 Å². The first-order valence-corrected chi connectivity index (χ1v) is 8.48. The molecule has 3 atom stereocenters. The van der Waals surface area contributed by atoms with Crippen molar-refractivity contribution in [3.8, 4) is 0 Å². The van der Waals surface area contributed by atoms with Gasteiger partial charge in [0.1, 0.15) is 11.6 Å². The number of hydrogen-bond donors (Lipinski definition) is 1. The number of carbonyl (C=O) groups excluding carboxylic acids is 3. The third kappa shape index (κ3) is 4.60. The summed E-state index contributed by atoms with van der Waals surface area (Å²) in [6.07, 6.45) is -1.21. The van der Waals surface area contributed by atoms with Crippen LogP contribution in [0, 0.1) is 5.92 Å². The zero-order chi connectivity index (χ0) is 19.5. The molecule has 0 unspecified atom stereocenters.